The maximum absolute atomic E-state index is 8.68. The van der Waals surface area contributed by atoms with Crippen molar-refractivity contribution in [3.05, 3.63) is 41.6 Å². The summed E-state index contributed by atoms with van der Waals surface area (Å²) in [5, 5.41) is 16.0. The molecule has 0 aliphatic rings. The van der Waals surface area contributed by atoms with E-state index in [0.717, 1.165) is 5.56 Å². The van der Waals surface area contributed by atoms with Crippen LogP contribution in [0.5, 0.6) is 0 Å². The standard InChI is InChI=1S/C12H13N5/c1-17-8-11(14)12(16-17)15-7-10-4-2-9(6-13)3-5-10/h2-5,8H,7,14H2,1H3,(H,15,16). The van der Waals surface area contributed by atoms with Crippen molar-refractivity contribution >= 4 is 11.5 Å². The Morgan fingerprint density at radius 3 is 2.65 bits per heavy atom. The summed E-state index contributed by atoms with van der Waals surface area (Å²) >= 11 is 0. The van der Waals surface area contributed by atoms with Gasteiger partial charge in [-0.25, -0.2) is 0 Å². The Hall–Kier alpha value is -2.48. The molecular weight excluding hydrogens is 214 g/mol. The molecule has 5 nitrogen and oxygen atoms in total. The van der Waals surface area contributed by atoms with Gasteiger partial charge in [0.05, 0.1) is 17.3 Å². The summed E-state index contributed by atoms with van der Waals surface area (Å²) in [5.41, 5.74) is 8.12. The first-order valence-electron chi connectivity index (χ1n) is 5.21. The molecule has 1 aromatic carbocycles. The van der Waals surface area contributed by atoms with Crippen molar-refractivity contribution in [1.82, 2.24) is 9.78 Å². The SMILES string of the molecule is Cn1cc(N)c(NCc2ccc(C#N)cc2)n1. The molecule has 17 heavy (non-hydrogen) atoms. The Bertz CT molecular complexity index is 547. The molecule has 0 saturated heterocycles. The van der Waals surface area contributed by atoms with E-state index >= 15 is 0 Å². The summed E-state index contributed by atoms with van der Waals surface area (Å²) in [7, 11) is 1.82. The van der Waals surface area contributed by atoms with Crippen molar-refractivity contribution in [2.75, 3.05) is 11.1 Å². The molecule has 0 unspecified atom stereocenters. The number of benzene rings is 1. The first-order valence-corrected chi connectivity index (χ1v) is 5.21. The number of aryl methyl sites for hydroxylation is 1. The third-order valence-corrected chi connectivity index (χ3v) is 2.40. The smallest absolute Gasteiger partial charge is 0.171 e. The van der Waals surface area contributed by atoms with Crippen LogP contribution in [0.4, 0.5) is 11.5 Å². The average molecular weight is 227 g/mol. The predicted octanol–water partition coefficient (Wildman–Crippen LogP) is 1.49. The lowest BCUT2D eigenvalue weighted by atomic mass is 10.1. The van der Waals surface area contributed by atoms with Crippen LogP contribution >= 0.6 is 0 Å². The molecule has 0 bridgehead atoms. The Kier molecular flexibility index (Phi) is 2.97. The van der Waals surface area contributed by atoms with Gasteiger partial charge in [-0.05, 0) is 17.7 Å². The highest BCUT2D eigenvalue weighted by molar-refractivity contribution is 5.59. The van der Waals surface area contributed by atoms with Crippen LogP contribution in [0.15, 0.2) is 30.5 Å². The summed E-state index contributed by atoms with van der Waals surface area (Å²) in [4.78, 5) is 0. The number of nitrogens with two attached hydrogens (primary N) is 1. The van der Waals surface area contributed by atoms with Crippen molar-refractivity contribution in [3.8, 4) is 6.07 Å². The fraction of sp³-hybridized carbons (Fsp3) is 0.167. The van der Waals surface area contributed by atoms with Gasteiger partial charge >= 0.3 is 0 Å². The fourth-order valence-corrected chi connectivity index (χ4v) is 1.53. The fourth-order valence-electron chi connectivity index (χ4n) is 1.53. The second kappa shape index (κ2) is 4.58. The predicted molar refractivity (Wildman–Crippen MR) is 66.1 cm³/mol. The number of nitrogens with zero attached hydrogens (tertiary/aromatic N) is 3. The third-order valence-electron chi connectivity index (χ3n) is 2.40. The van der Waals surface area contributed by atoms with Gasteiger partial charge in [0, 0.05) is 19.8 Å². The van der Waals surface area contributed by atoms with E-state index in [0.29, 0.717) is 23.6 Å². The summed E-state index contributed by atoms with van der Waals surface area (Å²) < 4.78 is 1.66. The maximum Gasteiger partial charge on any atom is 0.171 e. The summed E-state index contributed by atoms with van der Waals surface area (Å²) in [5.74, 6) is 0.678. The molecule has 1 aromatic heterocycles. The van der Waals surface area contributed by atoms with Crippen molar-refractivity contribution in [1.29, 1.82) is 5.26 Å². The van der Waals surface area contributed by atoms with Gasteiger partial charge in [0.2, 0.25) is 0 Å². The molecule has 86 valence electrons. The molecule has 0 fully saturated rings. The minimum absolute atomic E-state index is 0.626. The molecule has 5 heteroatoms. The lowest BCUT2D eigenvalue weighted by Gasteiger charge is -2.04. The van der Waals surface area contributed by atoms with Gasteiger partial charge in [-0.15, -0.1) is 0 Å². The molecule has 0 radical (unpaired) electrons. The molecule has 0 atom stereocenters. The molecule has 0 amide bonds. The van der Waals surface area contributed by atoms with Crippen LogP contribution in [-0.2, 0) is 13.6 Å². The lowest BCUT2D eigenvalue weighted by Crippen LogP contribution is -2.02. The number of nitrogens with one attached hydrogen (secondary N) is 1. The van der Waals surface area contributed by atoms with Gasteiger partial charge in [0.15, 0.2) is 5.82 Å². The topological polar surface area (TPSA) is 79.7 Å². The molecule has 0 spiro atoms. The van der Waals surface area contributed by atoms with Crippen LogP contribution in [0.25, 0.3) is 0 Å². The summed E-state index contributed by atoms with van der Waals surface area (Å²) in [6.45, 7) is 0.632. The van der Waals surface area contributed by atoms with Gasteiger partial charge in [0.1, 0.15) is 0 Å². The Balaban J connectivity index is 2.02. The van der Waals surface area contributed by atoms with Crippen molar-refractivity contribution in [2.45, 2.75) is 6.54 Å². The molecular formula is C12H13N5. The van der Waals surface area contributed by atoms with Crippen LogP contribution in [0, 0.1) is 11.3 Å². The zero-order valence-electron chi connectivity index (χ0n) is 9.51. The monoisotopic (exact) mass is 227 g/mol. The zero-order chi connectivity index (χ0) is 12.3. The number of aromatic nitrogens is 2. The number of hydrogen-bond donors (Lipinski definition) is 2. The van der Waals surface area contributed by atoms with Crippen LogP contribution < -0.4 is 11.1 Å². The Morgan fingerprint density at radius 1 is 1.41 bits per heavy atom. The van der Waals surface area contributed by atoms with Gasteiger partial charge < -0.3 is 11.1 Å². The molecule has 3 N–H and O–H groups in total. The van der Waals surface area contributed by atoms with Crippen LogP contribution in [0.2, 0.25) is 0 Å². The Morgan fingerprint density at radius 2 is 2.12 bits per heavy atom. The highest BCUT2D eigenvalue weighted by Crippen LogP contribution is 2.15. The quantitative estimate of drug-likeness (QED) is 0.832. The molecule has 2 rings (SSSR count). The van der Waals surface area contributed by atoms with E-state index in [9.17, 15) is 0 Å². The summed E-state index contributed by atoms with van der Waals surface area (Å²) in [6.07, 6.45) is 1.75. The van der Waals surface area contributed by atoms with E-state index in [-0.39, 0.29) is 0 Å². The first-order chi connectivity index (χ1) is 8.19. The second-order valence-corrected chi connectivity index (χ2v) is 3.77. The molecule has 0 aliphatic carbocycles. The van der Waals surface area contributed by atoms with E-state index in [2.05, 4.69) is 16.5 Å². The average Bonchev–Trinajstić information content (AvgIpc) is 2.66. The molecule has 0 saturated carbocycles. The first kappa shape index (κ1) is 11.0. The van der Waals surface area contributed by atoms with Crippen LogP contribution in [0.3, 0.4) is 0 Å². The number of anilines is 2. The molecule has 1 heterocycles. The number of nitrogen functional groups attached to an aromatic ring is 1. The highest BCUT2D eigenvalue weighted by atomic mass is 15.3. The molecule has 0 aliphatic heterocycles. The van der Waals surface area contributed by atoms with E-state index in [1.54, 1.807) is 23.0 Å². The third kappa shape index (κ3) is 2.55. The van der Waals surface area contributed by atoms with Gasteiger partial charge in [-0.1, -0.05) is 12.1 Å². The maximum atomic E-state index is 8.68. The van der Waals surface area contributed by atoms with E-state index in [1.807, 2.05) is 19.2 Å². The van der Waals surface area contributed by atoms with Crippen molar-refractivity contribution in [3.63, 3.8) is 0 Å². The van der Waals surface area contributed by atoms with Crippen molar-refractivity contribution < 1.29 is 0 Å². The van der Waals surface area contributed by atoms with E-state index in [4.69, 9.17) is 11.0 Å². The van der Waals surface area contributed by atoms with E-state index < -0.39 is 0 Å². The minimum atomic E-state index is 0.626. The number of nitriles is 1. The number of hydrogen-bond acceptors (Lipinski definition) is 4. The highest BCUT2D eigenvalue weighted by Gasteiger charge is 2.03. The molecule has 2 aromatic rings. The van der Waals surface area contributed by atoms with Crippen LogP contribution in [0.1, 0.15) is 11.1 Å². The van der Waals surface area contributed by atoms with E-state index in [1.165, 1.54) is 0 Å². The zero-order valence-corrected chi connectivity index (χ0v) is 9.51. The summed E-state index contributed by atoms with van der Waals surface area (Å²) in [6, 6.07) is 9.48. The number of rotatable bonds is 3. The van der Waals surface area contributed by atoms with Crippen molar-refractivity contribution in [2.24, 2.45) is 7.05 Å². The van der Waals surface area contributed by atoms with Gasteiger partial charge in [0.25, 0.3) is 0 Å². The second-order valence-electron chi connectivity index (χ2n) is 3.77. The lowest BCUT2D eigenvalue weighted by molar-refractivity contribution is 0.768. The normalized spacial score (nSPS) is 9.88. The minimum Gasteiger partial charge on any atom is -0.394 e. The van der Waals surface area contributed by atoms with Gasteiger partial charge in [-0.2, -0.15) is 10.4 Å². The van der Waals surface area contributed by atoms with Gasteiger partial charge in [-0.3, -0.25) is 4.68 Å². The Labute approximate surface area is 99.5 Å². The largest absolute Gasteiger partial charge is 0.394 e. The van der Waals surface area contributed by atoms with Crippen LogP contribution in [-0.4, -0.2) is 9.78 Å².